The summed E-state index contributed by atoms with van der Waals surface area (Å²) in [4.78, 5) is 9.83. The molecule has 0 spiro atoms. The highest BCUT2D eigenvalue weighted by Crippen LogP contribution is 2.18. The lowest BCUT2D eigenvalue weighted by atomic mass is 10.0. The average Bonchev–Trinajstić information content (AvgIpc) is 2.17. The molecule has 0 amide bonds. The molecule has 1 aromatic carbocycles. The molecule has 0 aliphatic rings. The van der Waals surface area contributed by atoms with E-state index in [2.05, 4.69) is 6.07 Å². The fraction of sp³-hybridized carbons (Fsp3) is 0.222. The summed E-state index contributed by atoms with van der Waals surface area (Å²) in [6, 6.07) is 8.08. The molecule has 0 bridgehead atoms. The summed E-state index contributed by atoms with van der Waals surface area (Å²) in [5, 5.41) is 18.9. The Morgan fingerprint density at radius 3 is 2.38 bits per heavy atom. The third kappa shape index (κ3) is 2.03. The minimum Gasteiger partial charge on any atom is -0.258 e. The molecule has 0 aliphatic carbocycles. The third-order valence-corrected chi connectivity index (χ3v) is 1.80. The highest BCUT2D eigenvalue weighted by Gasteiger charge is 2.07. The zero-order valence-electron chi connectivity index (χ0n) is 7.10. The van der Waals surface area contributed by atoms with Crippen LogP contribution in [-0.2, 0) is 0 Å². The Labute approximate surface area is 75.6 Å². The number of nitrogens with zero attached hydrogens (tertiary/aromatic N) is 2. The summed E-state index contributed by atoms with van der Waals surface area (Å²) in [6.07, 6.45) is 0. The lowest BCUT2D eigenvalue weighted by Gasteiger charge is -2.00. The summed E-state index contributed by atoms with van der Waals surface area (Å²) in [5.74, 6) is -0.221. The molecule has 4 heteroatoms. The maximum Gasteiger partial charge on any atom is 0.269 e. The van der Waals surface area contributed by atoms with Crippen molar-refractivity contribution in [2.45, 2.75) is 12.8 Å². The monoisotopic (exact) mass is 176 g/mol. The van der Waals surface area contributed by atoms with Crippen molar-refractivity contribution < 1.29 is 4.92 Å². The van der Waals surface area contributed by atoms with E-state index in [-0.39, 0.29) is 11.6 Å². The van der Waals surface area contributed by atoms with E-state index < -0.39 is 4.92 Å². The third-order valence-electron chi connectivity index (χ3n) is 1.80. The predicted molar refractivity (Wildman–Crippen MR) is 47.1 cm³/mol. The number of hydrogen-bond donors (Lipinski definition) is 0. The van der Waals surface area contributed by atoms with Crippen LogP contribution in [0.25, 0.3) is 0 Å². The molecule has 0 N–H and O–H groups in total. The van der Waals surface area contributed by atoms with Gasteiger partial charge in [0.25, 0.3) is 5.69 Å². The molecule has 1 atom stereocenters. The second-order valence-electron chi connectivity index (χ2n) is 2.70. The summed E-state index contributed by atoms with van der Waals surface area (Å²) < 4.78 is 0. The standard InChI is InChI=1S/C9H8N2O2/c1-7(6-10)8-2-4-9(5-3-8)11(12)13/h2-5,7H,1H3/t7-/m1/s1. The maximum atomic E-state index is 10.3. The van der Waals surface area contributed by atoms with Crippen LogP contribution in [-0.4, -0.2) is 4.92 Å². The predicted octanol–water partition coefficient (Wildman–Crippen LogP) is 2.22. The second-order valence-corrected chi connectivity index (χ2v) is 2.70. The lowest BCUT2D eigenvalue weighted by Crippen LogP contribution is -1.91. The molecular weight excluding hydrogens is 168 g/mol. The number of rotatable bonds is 2. The van der Waals surface area contributed by atoms with Gasteiger partial charge in [-0.05, 0) is 12.5 Å². The normalized spacial score (nSPS) is 11.7. The van der Waals surface area contributed by atoms with Crippen molar-refractivity contribution in [2.75, 3.05) is 0 Å². The van der Waals surface area contributed by atoms with Crippen LogP contribution in [0, 0.1) is 21.4 Å². The van der Waals surface area contributed by atoms with E-state index in [4.69, 9.17) is 5.26 Å². The fourth-order valence-corrected chi connectivity index (χ4v) is 0.959. The fourth-order valence-electron chi connectivity index (χ4n) is 0.959. The Hall–Kier alpha value is -1.89. The van der Waals surface area contributed by atoms with E-state index in [1.165, 1.54) is 12.1 Å². The van der Waals surface area contributed by atoms with Crippen molar-refractivity contribution in [3.8, 4) is 6.07 Å². The number of hydrogen-bond acceptors (Lipinski definition) is 3. The average molecular weight is 176 g/mol. The number of benzene rings is 1. The van der Waals surface area contributed by atoms with E-state index in [1.807, 2.05) is 0 Å². The lowest BCUT2D eigenvalue weighted by molar-refractivity contribution is -0.384. The van der Waals surface area contributed by atoms with Crippen LogP contribution < -0.4 is 0 Å². The van der Waals surface area contributed by atoms with E-state index in [1.54, 1.807) is 19.1 Å². The molecule has 1 aromatic rings. The smallest absolute Gasteiger partial charge is 0.258 e. The highest BCUT2D eigenvalue weighted by atomic mass is 16.6. The van der Waals surface area contributed by atoms with Crippen LogP contribution in [0.3, 0.4) is 0 Å². The van der Waals surface area contributed by atoms with Crippen molar-refractivity contribution in [3.05, 3.63) is 39.9 Å². The van der Waals surface area contributed by atoms with E-state index in [0.29, 0.717) is 0 Å². The summed E-state index contributed by atoms with van der Waals surface area (Å²) in [7, 11) is 0. The van der Waals surface area contributed by atoms with Crippen LogP contribution in [0.15, 0.2) is 24.3 Å². The van der Waals surface area contributed by atoms with Gasteiger partial charge in [0.05, 0.1) is 16.9 Å². The highest BCUT2D eigenvalue weighted by molar-refractivity contribution is 5.35. The Morgan fingerprint density at radius 1 is 1.46 bits per heavy atom. The number of non-ortho nitro benzene ring substituents is 1. The van der Waals surface area contributed by atoms with Crippen LogP contribution in [0.5, 0.6) is 0 Å². The van der Waals surface area contributed by atoms with Gasteiger partial charge in [-0.2, -0.15) is 5.26 Å². The van der Waals surface area contributed by atoms with Gasteiger partial charge in [0.15, 0.2) is 0 Å². The Balaban J connectivity index is 2.95. The van der Waals surface area contributed by atoms with Crippen LogP contribution in [0.2, 0.25) is 0 Å². The molecule has 0 fully saturated rings. The first-order valence-corrected chi connectivity index (χ1v) is 3.79. The van der Waals surface area contributed by atoms with Crippen LogP contribution >= 0.6 is 0 Å². The molecule has 0 aromatic heterocycles. The Bertz CT molecular complexity index is 351. The Kier molecular flexibility index (Phi) is 2.60. The molecule has 0 unspecified atom stereocenters. The summed E-state index contributed by atoms with van der Waals surface area (Å²) in [5.41, 5.74) is 0.849. The van der Waals surface area contributed by atoms with Crippen molar-refractivity contribution in [1.29, 1.82) is 5.26 Å². The van der Waals surface area contributed by atoms with E-state index >= 15 is 0 Å². The Morgan fingerprint density at radius 2 is 2.00 bits per heavy atom. The molecular formula is C9H8N2O2. The van der Waals surface area contributed by atoms with Crippen LogP contribution in [0.1, 0.15) is 18.4 Å². The number of nitriles is 1. The first-order chi connectivity index (χ1) is 6.15. The summed E-state index contributed by atoms with van der Waals surface area (Å²) in [6.45, 7) is 1.75. The first-order valence-electron chi connectivity index (χ1n) is 3.79. The van der Waals surface area contributed by atoms with Crippen molar-refractivity contribution in [3.63, 3.8) is 0 Å². The van der Waals surface area contributed by atoms with Gasteiger partial charge in [-0.1, -0.05) is 12.1 Å². The largest absolute Gasteiger partial charge is 0.269 e. The zero-order valence-corrected chi connectivity index (χ0v) is 7.10. The molecule has 0 radical (unpaired) electrons. The topological polar surface area (TPSA) is 66.9 Å². The SMILES string of the molecule is C[C@H](C#N)c1ccc([N+](=O)[O-])cc1. The van der Waals surface area contributed by atoms with Gasteiger partial charge in [-0.25, -0.2) is 0 Å². The van der Waals surface area contributed by atoms with Gasteiger partial charge >= 0.3 is 0 Å². The van der Waals surface area contributed by atoms with Crippen molar-refractivity contribution in [1.82, 2.24) is 0 Å². The molecule has 0 aliphatic heterocycles. The van der Waals surface area contributed by atoms with Gasteiger partial charge in [-0.15, -0.1) is 0 Å². The maximum absolute atomic E-state index is 10.3. The van der Waals surface area contributed by atoms with Gasteiger partial charge < -0.3 is 0 Å². The van der Waals surface area contributed by atoms with E-state index in [0.717, 1.165) is 5.56 Å². The molecule has 4 nitrogen and oxygen atoms in total. The van der Waals surface area contributed by atoms with Gasteiger partial charge in [0, 0.05) is 12.1 Å². The van der Waals surface area contributed by atoms with Crippen LogP contribution in [0.4, 0.5) is 5.69 Å². The second kappa shape index (κ2) is 3.68. The molecule has 0 heterocycles. The minimum absolute atomic E-state index is 0.0499. The van der Waals surface area contributed by atoms with Gasteiger partial charge in [0.2, 0.25) is 0 Å². The van der Waals surface area contributed by atoms with Gasteiger partial charge in [-0.3, -0.25) is 10.1 Å². The molecule has 0 saturated heterocycles. The summed E-state index contributed by atoms with van der Waals surface area (Å²) >= 11 is 0. The zero-order chi connectivity index (χ0) is 9.84. The molecule has 13 heavy (non-hydrogen) atoms. The number of nitro benzene ring substituents is 1. The first kappa shape index (κ1) is 9.20. The molecule has 0 saturated carbocycles. The van der Waals surface area contributed by atoms with Gasteiger partial charge in [0.1, 0.15) is 0 Å². The minimum atomic E-state index is -0.458. The van der Waals surface area contributed by atoms with Crippen molar-refractivity contribution in [2.24, 2.45) is 0 Å². The van der Waals surface area contributed by atoms with E-state index in [9.17, 15) is 10.1 Å². The number of nitro groups is 1. The van der Waals surface area contributed by atoms with Crippen molar-refractivity contribution >= 4 is 5.69 Å². The quantitative estimate of drug-likeness (QED) is 0.512. The molecule has 66 valence electrons. The molecule has 1 rings (SSSR count).